The van der Waals surface area contributed by atoms with Crippen molar-refractivity contribution in [3.05, 3.63) is 0 Å². The molecule has 4 N–H and O–H groups in total. The van der Waals surface area contributed by atoms with Gasteiger partial charge in [-0.05, 0) is 6.42 Å². The van der Waals surface area contributed by atoms with E-state index in [9.17, 15) is 15.3 Å². The van der Waals surface area contributed by atoms with Crippen LogP contribution in [0.1, 0.15) is 45.4 Å². The third-order valence-corrected chi connectivity index (χ3v) is 3.63. The predicted molar refractivity (Wildman–Crippen MR) is 73.1 cm³/mol. The van der Waals surface area contributed by atoms with E-state index in [0.29, 0.717) is 6.61 Å². The smallest absolute Gasteiger partial charge is 0.184 e. The first kappa shape index (κ1) is 17.8. The van der Waals surface area contributed by atoms with Crippen molar-refractivity contribution in [2.45, 2.75) is 76.2 Å². The van der Waals surface area contributed by atoms with Crippen molar-refractivity contribution in [2.24, 2.45) is 0 Å². The minimum Gasteiger partial charge on any atom is -0.394 e. The molecule has 1 fully saturated rings. The zero-order valence-electron chi connectivity index (χ0n) is 12.1. The Morgan fingerprint density at radius 1 is 1.10 bits per heavy atom. The van der Waals surface area contributed by atoms with Crippen molar-refractivity contribution in [3.63, 3.8) is 0 Å². The third-order valence-electron chi connectivity index (χ3n) is 3.63. The van der Waals surface area contributed by atoms with Crippen LogP contribution in [0.15, 0.2) is 0 Å². The molecule has 20 heavy (non-hydrogen) atoms. The third kappa shape index (κ3) is 5.27. The number of rotatable bonds is 10. The molecule has 6 nitrogen and oxygen atoms in total. The molecule has 120 valence electrons. The Kier molecular flexibility index (Phi) is 8.60. The molecule has 0 aromatic rings. The number of aliphatic hydroxyl groups excluding tert-OH is 4. The van der Waals surface area contributed by atoms with Crippen LogP contribution in [0, 0.1) is 0 Å². The van der Waals surface area contributed by atoms with Crippen LogP contribution in [0.25, 0.3) is 0 Å². The van der Waals surface area contributed by atoms with E-state index in [1.54, 1.807) is 0 Å². The number of unbranched alkanes of at least 4 members (excludes halogenated alkanes) is 5. The number of ether oxygens (including phenoxy) is 2. The first-order valence-corrected chi connectivity index (χ1v) is 7.54. The molecule has 0 radical (unpaired) electrons. The van der Waals surface area contributed by atoms with Crippen LogP contribution < -0.4 is 0 Å². The SMILES string of the molecule is CCCCCCCCO[C@@H]1[C@@H](O)[C@@H]([C@H](O)CO)O[C@@H]1O. The van der Waals surface area contributed by atoms with Crippen LogP contribution in [-0.2, 0) is 9.47 Å². The fraction of sp³-hybridized carbons (Fsp3) is 1.00. The molecule has 1 aliphatic heterocycles. The highest BCUT2D eigenvalue weighted by molar-refractivity contribution is 4.91. The highest BCUT2D eigenvalue weighted by Gasteiger charge is 2.46. The molecule has 0 aliphatic carbocycles. The summed E-state index contributed by atoms with van der Waals surface area (Å²) in [5.74, 6) is 0. The highest BCUT2D eigenvalue weighted by Crippen LogP contribution is 2.25. The van der Waals surface area contributed by atoms with Crippen molar-refractivity contribution in [2.75, 3.05) is 13.2 Å². The lowest BCUT2D eigenvalue weighted by atomic mass is 10.1. The van der Waals surface area contributed by atoms with Crippen LogP contribution in [0.3, 0.4) is 0 Å². The monoisotopic (exact) mass is 292 g/mol. The summed E-state index contributed by atoms with van der Waals surface area (Å²) in [5, 5.41) is 37.9. The Morgan fingerprint density at radius 3 is 2.40 bits per heavy atom. The zero-order chi connectivity index (χ0) is 15.0. The van der Waals surface area contributed by atoms with Gasteiger partial charge in [0, 0.05) is 6.61 Å². The van der Waals surface area contributed by atoms with Crippen LogP contribution in [0.5, 0.6) is 0 Å². The molecule has 5 atom stereocenters. The largest absolute Gasteiger partial charge is 0.394 e. The Balaban J connectivity index is 2.19. The van der Waals surface area contributed by atoms with E-state index in [1.165, 1.54) is 19.3 Å². The van der Waals surface area contributed by atoms with Gasteiger partial charge >= 0.3 is 0 Å². The lowest BCUT2D eigenvalue weighted by molar-refractivity contribution is -0.159. The maximum Gasteiger partial charge on any atom is 0.184 e. The number of aliphatic hydroxyl groups is 4. The Morgan fingerprint density at radius 2 is 1.75 bits per heavy atom. The van der Waals surface area contributed by atoms with Crippen molar-refractivity contribution in [3.8, 4) is 0 Å². The van der Waals surface area contributed by atoms with Gasteiger partial charge in [0.15, 0.2) is 6.29 Å². The fourth-order valence-corrected chi connectivity index (χ4v) is 2.38. The van der Waals surface area contributed by atoms with E-state index in [1.807, 2.05) is 0 Å². The summed E-state index contributed by atoms with van der Waals surface area (Å²) in [6.07, 6.45) is 1.27. The predicted octanol–water partition coefficient (Wildman–Crippen LogP) is 0.163. The number of hydrogen-bond acceptors (Lipinski definition) is 6. The molecule has 6 heteroatoms. The molecule has 1 rings (SSSR count). The van der Waals surface area contributed by atoms with Crippen molar-refractivity contribution >= 4 is 0 Å². The Bertz CT molecular complexity index is 250. The maximum absolute atomic E-state index is 9.91. The van der Waals surface area contributed by atoms with Gasteiger partial charge in [-0.3, -0.25) is 0 Å². The molecule has 1 aliphatic rings. The van der Waals surface area contributed by atoms with E-state index < -0.39 is 37.3 Å². The van der Waals surface area contributed by atoms with Crippen molar-refractivity contribution in [1.29, 1.82) is 0 Å². The minimum atomic E-state index is -1.27. The summed E-state index contributed by atoms with van der Waals surface area (Å²) in [5.41, 5.74) is 0. The van der Waals surface area contributed by atoms with Gasteiger partial charge < -0.3 is 29.9 Å². The fourth-order valence-electron chi connectivity index (χ4n) is 2.38. The Hall–Kier alpha value is -0.240. The summed E-state index contributed by atoms with van der Waals surface area (Å²) in [6.45, 7) is 2.08. The summed E-state index contributed by atoms with van der Waals surface area (Å²) in [7, 11) is 0. The van der Waals surface area contributed by atoms with E-state index in [-0.39, 0.29) is 0 Å². The van der Waals surface area contributed by atoms with Gasteiger partial charge in [-0.25, -0.2) is 0 Å². The lowest BCUT2D eigenvalue weighted by Crippen LogP contribution is -2.41. The van der Waals surface area contributed by atoms with Gasteiger partial charge in [0.2, 0.25) is 0 Å². The van der Waals surface area contributed by atoms with Gasteiger partial charge in [-0.15, -0.1) is 0 Å². The van der Waals surface area contributed by atoms with E-state index in [2.05, 4.69) is 6.92 Å². The van der Waals surface area contributed by atoms with Crippen LogP contribution in [-0.4, -0.2) is 64.3 Å². The highest BCUT2D eigenvalue weighted by atomic mass is 16.7. The molecule has 0 aromatic carbocycles. The first-order chi connectivity index (χ1) is 9.61. The molecular formula is C14H28O6. The van der Waals surface area contributed by atoms with E-state index >= 15 is 0 Å². The molecular weight excluding hydrogens is 264 g/mol. The normalized spacial score (nSPS) is 31.6. The topological polar surface area (TPSA) is 99.4 Å². The summed E-state index contributed by atoms with van der Waals surface area (Å²) < 4.78 is 10.5. The quantitative estimate of drug-likeness (QED) is 0.428. The van der Waals surface area contributed by atoms with Gasteiger partial charge in [-0.2, -0.15) is 0 Å². The molecule has 0 bridgehead atoms. The van der Waals surface area contributed by atoms with Crippen molar-refractivity contribution < 1.29 is 29.9 Å². The maximum atomic E-state index is 9.91. The summed E-state index contributed by atoms with van der Waals surface area (Å²) in [6, 6.07) is 0. The molecule has 0 aromatic heterocycles. The molecule has 0 unspecified atom stereocenters. The average Bonchev–Trinajstić information content (AvgIpc) is 2.73. The average molecular weight is 292 g/mol. The van der Waals surface area contributed by atoms with Gasteiger partial charge in [-0.1, -0.05) is 39.0 Å². The van der Waals surface area contributed by atoms with E-state index in [0.717, 1.165) is 19.3 Å². The number of hydrogen-bond donors (Lipinski definition) is 4. The van der Waals surface area contributed by atoms with Gasteiger partial charge in [0.05, 0.1) is 6.61 Å². The van der Waals surface area contributed by atoms with Crippen LogP contribution >= 0.6 is 0 Å². The second kappa shape index (κ2) is 9.65. The molecule has 0 spiro atoms. The van der Waals surface area contributed by atoms with E-state index in [4.69, 9.17) is 14.6 Å². The summed E-state index contributed by atoms with van der Waals surface area (Å²) in [4.78, 5) is 0. The Labute approximate surface area is 120 Å². The molecule has 1 heterocycles. The molecule has 1 saturated heterocycles. The second-order valence-electron chi connectivity index (χ2n) is 5.33. The minimum absolute atomic E-state index is 0.441. The van der Waals surface area contributed by atoms with Crippen LogP contribution in [0.2, 0.25) is 0 Å². The standard InChI is InChI=1S/C14H28O6/c1-2-3-4-5-6-7-8-19-13-11(17)12(10(16)9-15)20-14(13)18/h10-18H,2-9H2,1H3/t10-,11+,12-,13-,14+/m1/s1. The van der Waals surface area contributed by atoms with Crippen molar-refractivity contribution in [1.82, 2.24) is 0 Å². The first-order valence-electron chi connectivity index (χ1n) is 7.54. The second-order valence-corrected chi connectivity index (χ2v) is 5.33. The van der Waals surface area contributed by atoms with Gasteiger partial charge in [0.1, 0.15) is 24.4 Å². The van der Waals surface area contributed by atoms with Gasteiger partial charge in [0.25, 0.3) is 0 Å². The summed E-state index contributed by atoms with van der Waals surface area (Å²) >= 11 is 0. The van der Waals surface area contributed by atoms with Crippen LogP contribution in [0.4, 0.5) is 0 Å². The lowest BCUT2D eigenvalue weighted by Gasteiger charge is -2.20. The molecule has 0 amide bonds. The zero-order valence-corrected chi connectivity index (χ0v) is 12.1. The molecule has 0 saturated carbocycles.